The van der Waals surface area contributed by atoms with E-state index in [9.17, 15) is 4.79 Å². The fourth-order valence-electron chi connectivity index (χ4n) is 2.15. The van der Waals surface area contributed by atoms with Crippen LogP contribution >= 0.6 is 15.9 Å². The molecule has 1 aliphatic rings. The lowest BCUT2D eigenvalue weighted by molar-refractivity contribution is 0.0850. The zero-order chi connectivity index (χ0) is 12.5. The highest BCUT2D eigenvalue weighted by molar-refractivity contribution is 9.10. The van der Waals surface area contributed by atoms with Crippen molar-refractivity contribution in [3.05, 3.63) is 64.1 Å². The van der Waals surface area contributed by atoms with Crippen molar-refractivity contribution in [3.63, 3.8) is 0 Å². The van der Waals surface area contributed by atoms with Gasteiger partial charge in [0.25, 0.3) is 0 Å². The van der Waals surface area contributed by atoms with E-state index in [1.54, 1.807) is 0 Å². The Labute approximate surface area is 114 Å². The molecule has 0 spiro atoms. The van der Waals surface area contributed by atoms with Crippen LogP contribution in [0, 0.1) is 0 Å². The van der Waals surface area contributed by atoms with Gasteiger partial charge in [-0.15, -0.1) is 0 Å². The molecule has 0 saturated carbocycles. The number of ketones is 1. The molecule has 0 aromatic heterocycles. The molecule has 3 heteroatoms. The molecule has 18 heavy (non-hydrogen) atoms. The molecule has 0 saturated heterocycles. The van der Waals surface area contributed by atoms with Crippen LogP contribution in [-0.4, -0.2) is 5.78 Å². The van der Waals surface area contributed by atoms with Crippen molar-refractivity contribution in [1.29, 1.82) is 0 Å². The van der Waals surface area contributed by atoms with Crippen molar-refractivity contribution < 1.29 is 9.53 Å². The van der Waals surface area contributed by atoms with Crippen LogP contribution in [0.15, 0.2) is 53.0 Å². The van der Waals surface area contributed by atoms with Crippen molar-refractivity contribution in [1.82, 2.24) is 0 Å². The average Bonchev–Trinajstić information content (AvgIpc) is 2.40. The third kappa shape index (κ3) is 2.06. The lowest BCUT2D eigenvalue weighted by atomic mass is 9.96. The largest absolute Gasteiger partial charge is 0.484 e. The predicted molar refractivity (Wildman–Crippen MR) is 72.9 cm³/mol. The smallest absolute Gasteiger partial charge is 0.170 e. The van der Waals surface area contributed by atoms with Crippen molar-refractivity contribution >= 4 is 21.7 Å². The topological polar surface area (TPSA) is 26.3 Å². The Morgan fingerprint density at radius 3 is 2.67 bits per heavy atom. The minimum absolute atomic E-state index is 0.131. The average molecular weight is 303 g/mol. The number of ether oxygens (including phenoxy) is 1. The second kappa shape index (κ2) is 4.58. The fourth-order valence-corrected chi connectivity index (χ4v) is 2.51. The summed E-state index contributed by atoms with van der Waals surface area (Å²) in [5.74, 6) is 0.801. The number of carbonyl (C=O) groups is 1. The first-order valence-electron chi connectivity index (χ1n) is 5.78. The van der Waals surface area contributed by atoms with Gasteiger partial charge in [0, 0.05) is 4.47 Å². The predicted octanol–water partition coefficient (Wildman–Crippen LogP) is 4.16. The van der Waals surface area contributed by atoms with Crippen LogP contribution in [-0.2, 0) is 0 Å². The van der Waals surface area contributed by atoms with Gasteiger partial charge in [-0.25, -0.2) is 0 Å². The third-order valence-electron chi connectivity index (χ3n) is 3.05. The van der Waals surface area contributed by atoms with E-state index in [4.69, 9.17) is 4.74 Å². The summed E-state index contributed by atoms with van der Waals surface area (Å²) in [7, 11) is 0. The SMILES string of the molecule is O=C1C[C@H](c2ccccc2)Oc2ccc(Br)cc21. The quantitative estimate of drug-likeness (QED) is 0.791. The Balaban J connectivity index is 1.97. The number of halogens is 1. The molecular formula is C15H11BrO2. The maximum Gasteiger partial charge on any atom is 0.170 e. The van der Waals surface area contributed by atoms with E-state index in [1.165, 1.54) is 0 Å². The van der Waals surface area contributed by atoms with Gasteiger partial charge in [0.2, 0.25) is 0 Å². The van der Waals surface area contributed by atoms with Crippen LogP contribution in [0.3, 0.4) is 0 Å². The minimum atomic E-state index is -0.174. The van der Waals surface area contributed by atoms with Crippen LogP contribution in [0.5, 0.6) is 5.75 Å². The first-order chi connectivity index (χ1) is 8.74. The highest BCUT2D eigenvalue weighted by atomic mass is 79.9. The number of rotatable bonds is 1. The molecule has 0 radical (unpaired) electrons. The number of Topliss-reactive ketones (excluding diaryl/α,β-unsaturated/α-hetero) is 1. The molecule has 1 atom stereocenters. The Morgan fingerprint density at radius 2 is 1.89 bits per heavy atom. The molecule has 90 valence electrons. The van der Waals surface area contributed by atoms with Crippen molar-refractivity contribution in [2.45, 2.75) is 12.5 Å². The summed E-state index contributed by atoms with van der Waals surface area (Å²) >= 11 is 3.37. The maximum absolute atomic E-state index is 12.1. The standard InChI is InChI=1S/C15H11BrO2/c16-11-6-7-14-12(8-11)13(17)9-15(18-14)10-4-2-1-3-5-10/h1-8,15H,9H2/t15-/m1/s1. The van der Waals surface area contributed by atoms with Gasteiger partial charge in [0.15, 0.2) is 5.78 Å². The lowest BCUT2D eigenvalue weighted by Crippen LogP contribution is -2.20. The molecule has 2 aromatic carbocycles. The van der Waals surface area contributed by atoms with E-state index in [1.807, 2.05) is 48.5 Å². The Morgan fingerprint density at radius 1 is 1.11 bits per heavy atom. The molecule has 1 heterocycles. The normalized spacial score (nSPS) is 18.1. The number of hydrogen-bond acceptors (Lipinski definition) is 2. The van der Waals surface area contributed by atoms with Gasteiger partial charge in [-0.2, -0.15) is 0 Å². The molecule has 0 fully saturated rings. The molecule has 0 bridgehead atoms. The van der Waals surface area contributed by atoms with Gasteiger partial charge >= 0.3 is 0 Å². The lowest BCUT2D eigenvalue weighted by Gasteiger charge is -2.25. The fraction of sp³-hybridized carbons (Fsp3) is 0.133. The zero-order valence-electron chi connectivity index (χ0n) is 9.60. The van der Waals surface area contributed by atoms with Crippen LogP contribution in [0.4, 0.5) is 0 Å². The second-order valence-corrected chi connectivity index (χ2v) is 5.20. The molecule has 1 aliphatic heterocycles. The second-order valence-electron chi connectivity index (χ2n) is 4.28. The summed E-state index contributed by atoms with van der Waals surface area (Å²) in [5, 5.41) is 0. The Kier molecular flexibility index (Phi) is 2.92. The molecule has 3 rings (SSSR count). The monoisotopic (exact) mass is 302 g/mol. The van der Waals surface area contributed by atoms with Crippen LogP contribution in [0.25, 0.3) is 0 Å². The molecule has 0 unspecified atom stereocenters. The van der Waals surface area contributed by atoms with Crippen molar-refractivity contribution in [2.75, 3.05) is 0 Å². The summed E-state index contributed by atoms with van der Waals surface area (Å²) in [6.45, 7) is 0. The van der Waals surface area contributed by atoms with Gasteiger partial charge in [0.1, 0.15) is 11.9 Å². The van der Waals surface area contributed by atoms with Gasteiger partial charge < -0.3 is 4.74 Å². The van der Waals surface area contributed by atoms with E-state index in [0.717, 1.165) is 10.0 Å². The van der Waals surface area contributed by atoms with Crippen molar-refractivity contribution in [2.24, 2.45) is 0 Å². The Bertz CT molecular complexity index is 593. The van der Waals surface area contributed by atoms with E-state index < -0.39 is 0 Å². The molecule has 0 N–H and O–H groups in total. The first kappa shape index (κ1) is 11.5. The minimum Gasteiger partial charge on any atom is -0.484 e. The summed E-state index contributed by atoms with van der Waals surface area (Å²) in [6.07, 6.45) is 0.223. The highest BCUT2D eigenvalue weighted by Crippen LogP contribution is 2.35. The van der Waals surface area contributed by atoms with E-state index in [2.05, 4.69) is 15.9 Å². The molecule has 0 aliphatic carbocycles. The summed E-state index contributed by atoms with van der Waals surface area (Å²) < 4.78 is 6.80. The van der Waals surface area contributed by atoms with Crippen LogP contribution in [0.2, 0.25) is 0 Å². The number of fused-ring (bicyclic) bond motifs is 1. The van der Waals surface area contributed by atoms with Crippen LogP contribution < -0.4 is 4.74 Å². The Hall–Kier alpha value is -1.61. The molecule has 2 aromatic rings. The van der Waals surface area contributed by atoms with Crippen molar-refractivity contribution in [3.8, 4) is 5.75 Å². The highest BCUT2D eigenvalue weighted by Gasteiger charge is 2.27. The number of benzene rings is 2. The number of hydrogen-bond donors (Lipinski definition) is 0. The van der Waals surface area contributed by atoms with Gasteiger partial charge in [0.05, 0.1) is 12.0 Å². The van der Waals surface area contributed by atoms with E-state index in [-0.39, 0.29) is 11.9 Å². The third-order valence-corrected chi connectivity index (χ3v) is 3.55. The van der Waals surface area contributed by atoms with E-state index in [0.29, 0.717) is 17.7 Å². The van der Waals surface area contributed by atoms with Gasteiger partial charge in [-0.3, -0.25) is 4.79 Å². The maximum atomic E-state index is 12.1. The molecule has 0 amide bonds. The summed E-state index contributed by atoms with van der Waals surface area (Å²) in [5.41, 5.74) is 1.70. The van der Waals surface area contributed by atoms with Gasteiger partial charge in [-0.05, 0) is 23.8 Å². The molecular weight excluding hydrogens is 292 g/mol. The van der Waals surface area contributed by atoms with Crippen LogP contribution in [0.1, 0.15) is 28.4 Å². The zero-order valence-corrected chi connectivity index (χ0v) is 11.2. The first-order valence-corrected chi connectivity index (χ1v) is 6.58. The molecule has 2 nitrogen and oxygen atoms in total. The van der Waals surface area contributed by atoms with Gasteiger partial charge in [-0.1, -0.05) is 46.3 Å². The summed E-state index contributed by atoms with van der Waals surface area (Å²) in [4.78, 5) is 12.1. The van der Waals surface area contributed by atoms with E-state index >= 15 is 0 Å². The number of carbonyl (C=O) groups excluding carboxylic acids is 1. The summed E-state index contributed by atoms with van der Waals surface area (Å²) in [6, 6.07) is 15.4.